The van der Waals surface area contributed by atoms with Gasteiger partial charge in [0.1, 0.15) is 12.4 Å². The molecule has 1 aliphatic carbocycles. The summed E-state index contributed by atoms with van der Waals surface area (Å²) in [6.07, 6.45) is 2.68. The lowest BCUT2D eigenvalue weighted by Crippen LogP contribution is -2.22. The van der Waals surface area contributed by atoms with Gasteiger partial charge in [-0.3, -0.25) is 0 Å². The topological polar surface area (TPSA) is 21.3 Å². The molecule has 0 spiro atoms. The molecule has 0 heterocycles. The minimum atomic E-state index is 0.765. The normalized spacial score (nSPS) is 15.5. The third-order valence-electron chi connectivity index (χ3n) is 2.46. The first-order chi connectivity index (χ1) is 6.86. The zero-order chi connectivity index (χ0) is 9.80. The van der Waals surface area contributed by atoms with Crippen LogP contribution in [0.4, 0.5) is 0 Å². The number of nitrogens with one attached hydrogen (secondary N) is 1. The Morgan fingerprint density at radius 2 is 2.14 bits per heavy atom. The molecule has 76 valence electrons. The van der Waals surface area contributed by atoms with Crippen molar-refractivity contribution in [1.82, 2.24) is 5.32 Å². The molecule has 0 saturated heterocycles. The van der Waals surface area contributed by atoms with Crippen LogP contribution in [0, 0.1) is 6.92 Å². The van der Waals surface area contributed by atoms with E-state index in [-0.39, 0.29) is 0 Å². The van der Waals surface area contributed by atoms with E-state index in [1.54, 1.807) is 0 Å². The van der Waals surface area contributed by atoms with Gasteiger partial charge in [-0.1, -0.05) is 18.2 Å². The minimum Gasteiger partial charge on any atom is -0.492 e. The van der Waals surface area contributed by atoms with Crippen LogP contribution in [-0.2, 0) is 0 Å². The molecule has 0 aromatic heterocycles. The van der Waals surface area contributed by atoms with Gasteiger partial charge in [-0.15, -0.1) is 0 Å². The standard InChI is InChI=1S/C12H17NO/c1-10-4-2-3-5-12(10)14-9-8-13-11-6-7-11/h2-5,11,13H,6-9H2,1H3. The third kappa shape index (κ3) is 2.74. The summed E-state index contributed by atoms with van der Waals surface area (Å²) in [6, 6.07) is 8.91. The van der Waals surface area contributed by atoms with Crippen molar-refractivity contribution in [2.24, 2.45) is 0 Å². The van der Waals surface area contributed by atoms with Gasteiger partial charge in [0.15, 0.2) is 0 Å². The van der Waals surface area contributed by atoms with Crippen LogP contribution in [0.1, 0.15) is 18.4 Å². The Morgan fingerprint density at radius 1 is 1.36 bits per heavy atom. The highest BCUT2D eigenvalue weighted by Gasteiger charge is 2.19. The molecule has 2 nitrogen and oxygen atoms in total. The van der Waals surface area contributed by atoms with Crippen molar-refractivity contribution in [2.45, 2.75) is 25.8 Å². The van der Waals surface area contributed by atoms with Crippen molar-refractivity contribution in [3.05, 3.63) is 29.8 Å². The van der Waals surface area contributed by atoms with E-state index >= 15 is 0 Å². The molecule has 1 fully saturated rings. The van der Waals surface area contributed by atoms with E-state index in [4.69, 9.17) is 4.74 Å². The third-order valence-corrected chi connectivity index (χ3v) is 2.46. The van der Waals surface area contributed by atoms with Crippen LogP contribution in [0.3, 0.4) is 0 Å². The van der Waals surface area contributed by atoms with Crippen LogP contribution in [0.5, 0.6) is 5.75 Å². The molecule has 1 aliphatic rings. The van der Waals surface area contributed by atoms with Crippen LogP contribution < -0.4 is 10.1 Å². The van der Waals surface area contributed by atoms with E-state index in [9.17, 15) is 0 Å². The van der Waals surface area contributed by atoms with Gasteiger partial charge in [-0.2, -0.15) is 0 Å². The smallest absolute Gasteiger partial charge is 0.122 e. The molecule has 0 unspecified atom stereocenters. The molecule has 0 amide bonds. The Balaban J connectivity index is 1.71. The zero-order valence-electron chi connectivity index (χ0n) is 8.62. The van der Waals surface area contributed by atoms with E-state index in [0.717, 1.165) is 24.9 Å². The summed E-state index contributed by atoms with van der Waals surface area (Å²) in [5.41, 5.74) is 1.21. The molecule has 1 aromatic rings. The molecular formula is C12H17NO. The average molecular weight is 191 g/mol. The lowest BCUT2D eigenvalue weighted by molar-refractivity contribution is 0.311. The van der Waals surface area contributed by atoms with E-state index in [1.165, 1.54) is 18.4 Å². The first-order valence-electron chi connectivity index (χ1n) is 5.28. The van der Waals surface area contributed by atoms with Crippen molar-refractivity contribution < 1.29 is 4.74 Å². The van der Waals surface area contributed by atoms with Crippen LogP contribution in [0.25, 0.3) is 0 Å². The first-order valence-corrected chi connectivity index (χ1v) is 5.28. The van der Waals surface area contributed by atoms with Gasteiger partial charge in [-0.25, -0.2) is 0 Å². The summed E-state index contributed by atoms with van der Waals surface area (Å²) in [4.78, 5) is 0. The summed E-state index contributed by atoms with van der Waals surface area (Å²) in [6.45, 7) is 3.80. The van der Waals surface area contributed by atoms with Crippen molar-refractivity contribution in [3.63, 3.8) is 0 Å². The van der Waals surface area contributed by atoms with Crippen LogP contribution in [0.2, 0.25) is 0 Å². The molecule has 2 rings (SSSR count). The summed E-state index contributed by atoms with van der Waals surface area (Å²) >= 11 is 0. The fourth-order valence-electron chi connectivity index (χ4n) is 1.43. The largest absolute Gasteiger partial charge is 0.492 e. The van der Waals surface area contributed by atoms with E-state index in [1.807, 2.05) is 18.2 Å². The van der Waals surface area contributed by atoms with Crippen LogP contribution in [-0.4, -0.2) is 19.2 Å². The predicted octanol–water partition coefficient (Wildman–Crippen LogP) is 2.13. The molecule has 1 N–H and O–H groups in total. The monoisotopic (exact) mass is 191 g/mol. The Bertz CT molecular complexity index is 294. The summed E-state index contributed by atoms with van der Waals surface area (Å²) in [5, 5.41) is 3.42. The molecule has 2 heteroatoms. The van der Waals surface area contributed by atoms with Gasteiger partial charge in [0.25, 0.3) is 0 Å². The molecular weight excluding hydrogens is 174 g/mol. The van der Waals surface area contributed by atoms with Gasteiger partial charge in [0.2, 0.25) is 0 Å². The number of ether oxygens (including phenoxy) is 1. The van der Waals surface area contributed by atoms with Crippen molar-refractivity contribution >= 4 is 0 Å². The molecule has 0 radical (unpaired) electrons. The number of benzene rings is 1. The van der Waals surface area contributed by atoms with Gasteiger partial charge < -0.3 is 10.1 Å². The maximum atomic E-state index is 5.65. The Kier molecular flexibility index (Phi) is 3.04. The molecule has 1 aromatic carbocycles. The quantitative estimate of drug-likeness (QED) is 0.720. The van der Waals surface area contributed by atoms with Gasteiger partial charge >= 0.3 is 0 Å². The van der Waals surface area contributed by atoms with Gasteiger partial charge in [0, 0.05) is 12.6 Å². The van der Waals surface area contributed by atoms with Gasteiger partial charge in [-0.05, 0) is 31.4 Å². The number of rotatable bonds is 5. The zero-order valence-corrected chi connectivity index (χ0v) is 8.62. The molecule has 0 bridgehead atoms. The van der Waals surface area contributed by atoms with Crippen LogP contribution >= 0.6 is 0 Å². The first kappa shape index (κ1) is 9.53. The van der Waals surface area contributed by atoms with Crippen molar-refractivity contribution in [3.8, 4) is 5.75 Å². The fourth-order valence-corrected chi connectivity index (χ4v) is 1.43. The number of para-hydroxylation sites is 1. The lowest BCUT2D eigenvalue weighted by Gasteiger charge is -2.08. The average Bonchev–Trinajstić information content (AvgIpc) is 2.99. The number of hydrogen-bond acceptors (Lipinski definition) is 2. The molecule has 14 heavy (non-hydrogen) atoms. The summed E-state index contributed by atoms with van der Waals surface area (Å²) in [5.74, 6) is 1.00. The SMILES string of the molecule is Cc1ccccc1OCCNC1CC1. The van der Waals surface area contributed by atoms with Crippen molar-refractivity contribution in [1.29, 1.82) is 0 Å². The Labute approximate surface area is 85.3 Å². The van der Waals surface area contributed by atoms with E-state index in [0.29, 0.717) is 0 Å². The highest BCUT2D eigenvalue weighted by Crippen LogP contribution is 2.18. The second kappa shape index (κ2) is 4.47. The summed E-state index contributed by atoms with van der Waals surface area (Å²) < 4.78 is 5.65. The predicted molar refractivity (Wildman–Crippen MR) is 57.7 cm³/mol. The molecule has 0 atom stereocenters. The lowest BCUT2D eigenvalue weighted by atomic mass is 10.2. The Morgan fingerprint density at radius 3 is 2.86 bits per heavy atom. The highest BCUT2D eigenvalue weighted by atomic mass is 16.5. The second-order valence-electron chi connectivity index (χ2n) is 3.84. The minimum absolute atomic E-state index is 0.765. The summed E-state index contributed by atoms with van der Waals surface area (Å²) in [7, 11) is 0. The number of hydrogen-bond donors (Lipinski definition) is 1. The molecule has 1 saturated carbocycles. The van der Waals surface area contributed by atoms with E-state index < -0.39 is 0 Å². The fraction of sp³-hybridized carbons (Fsp3) is 0.500. The van der Waals surface area contributed by atoms with Crippen molar-refractivity contribution in [2.75, 3.05) is 13.2 Å². The van der Waals surface area contributed by atoms with Gasteiger partial charge in [0.05, 0.1) is 0 Å². The second-order valence-corrected chi connectivity index (χ2v) is 3.84. The number of aryl methyl sites for hydroxylation is 1. The van der Waals surface area contributed by atoms with E-state index in [2.05, 4.69) is 18.3 Å². The maximum absolute atomic E-state index is 5.65. The molecule has 0 aliphatic heterocycles. The highest BCUT2D eigenvalue weighted by molar-refractivity contribution is 5.31. The Hall–Kier alpha value is -1.02. The maximum Gasteiger partial charge on any atom is 0.122 e. The van der Waals surface area contributed by atoms with Crippen LogP contribution in [0.15, 0.2) is 24.3 Å².